The van der Waals surface area contributed by atoms with Gasteiger partial charge in [0.1, 0.15) is 11.6 Å². The lowest BCUT2D eigenvalue weighted by Crippen LogP contribution is -2.32. The Morgan fingerprint density at radius 3 is 2.62 bits per heavy atom. The molecule has 1 N–H and O–H groups in total. The molecule has 4 rings (SSSR count). The van der Waals surface area contributed by atoms with E-state index in [-0.39, 0.29) is 5.91 Å². The van der Waals surface area contributed by atoms with Gasteiger partial charge in [0.2, 0.25) is 5.91 Å². The van der Waals surface area contributed by atoms with E-state index in [2.05, 4.69) is 29.0 Å². The number of nitrogens with zero attached hydrogens (tertiary/aromatic N) is 3. The lowest BCUT2D eigenvalue weighted by atomic mass is 10.1. The number of carbonyl (C=O) groups excluding carboxylic acids is 1. The van der Waals surface area contributed by atoms with Crippen LogP contribution in [0.25, 0.3) is 22.5 Å². The second-order valence-corrected chi connectivity index (χ2v) is 8.81. The van der Waals surface area contributed by atoms with Crippen molar-refractivity contribution in [2.24, 2.45) is 5.92 Å². The van der Waals surface area contributed by atoms with Crippen molar-refractivity contribution in [3.8, 4) is 17.3 Å². The summed E-state index contributed by atoms with van der Waals surface area (Å²) in [4.78, 5) is 24.3. The van der Waals surface area contributed by atoms with Gasteiger partial charge in [-0.1, -0.05) is 25.4 Å². The van der Waals surface area contributed by atoms with Crippen LogP contribution in [0.5, 0.6) is 5.75 Å². The first-order valence-corrected chi connectivity index (χ1v) is 11.5. The van der Waals surface area contributed by atoms with Gasteiger partial charge >= 0.3 is 0 Å². The highest BCUT2D eigenvalue weighted by molar-refractivity contribution is 6.31. The number of rotatable bonds is 9. The summed E-state index contributed by atoms with van der Waals surface area (Å²) in [6, 6.07) is 16.5. The lowest BCUT2D eigenvalue weighted by molar-refractivity contribution is -0.116. The second-order valence-electron chi connectivity index (χ2n) is 8.38. The third-order valence-corrected chi connectivity index (χ3v) is 5.48. The van der Waals surface area contributed by atoms with Crippen LogP contribution in [0, 0.1) is 5.92 Å². The quantitative estimate of drug-likeness (QED) is 0.315. The van der Waals surface area contributed by atoms with Crippen molar-refractivity contribution in [2.75, 3.05) is 30.4 Å². The van der Waals surface area contributed by atoms with E-state index in [4.69, 9.17) is 25.7 Å². The third kappa shape index (κ3) is 5.66. The third-order valence-electron chi connectivity index (χ3n) is 5.25. The van der Waals surface area contributed by atoms with Gasteiger partial charge in [-0.2, -0.15) is 0 Å². The molecule has 8 heteroatoms. The Morgan fingerprint density at radius 2 is 1.94 bits per heavy atom. The Kier molecular flexibility index (Phi) is 7.33. The van der Waals surface area contributed by atoms with E-state index in [0.717, 1.165) is 34.7 Å². The van der Waals surface area contributed by atoms with E-state index in [1.54, 1.807) is 19.4 Å². The minimum Gasteiger partial charge on any atom is -0.497 e. The van der Waals surface area contributed by atoms with E-state index < -0.39 is 0 Å². The van der Waals surface area contributed by atoms with Gasteiger partial charge in [-0.3, -0.25) is 4.79 Å². The van der Waals surface area contributed by atoms with Crippen molar-refractivity contribution in [1.82, 2.24) is 9.97 Å². The van der Waals surface area contributed by atoms with Crippen LogP contribution in [0.2, 0.25) is 5.02 Å². The van der Waals surface area contributed by atoms with E-state index in [1.807, 2.05) is 48.5 Å². The van der Waals surface area contributed by atoms with Gasteiger partial charge in [0.05, 0.1) is 18.9 Å². The van der Waals surface area contributed by atoms with Crippen LogP contribution < -0.4 is 15.0 Å². The molecule has 176 valence electrons. The van der Waals surface area contributed by atoms with Gasteiger partial charge in [-0.15, -0.1) is 0 Å². The summed E-state index contributed by atoms with van der Waals surface area (Å²) in [7, 11) is 1.61. The maximum Gasteiger partial charge on any atom is 0.226 e. The molecular formula is C26H27ClN4O3. The Morgan fingerprint density at radius 1 is 1.15 bits per heavy atom. The number of amides is 1. The average molecular weight is 479 g/mol. The molecule has 0 aliphatic rings. The number of aromatic nitrogens is 2. The van der Waals surface area contributed by atoms with E-state index in [1.165, 1.54) is 0 Å². The van der Waals surface area contributed by atoms with Crippen LogP contribution in [0.1, 0.15) is 20.3 Å². The number of carbonyl (C=O) groups is 1. The van der Waals surface area contributed by atoms with E-state index in [9.17, 15) is 4.79 Å². The zero-order valence-electron chi connectivity index (χ0n) is 19.4. The zero-order valence-corrected chi connectivity index (χ0v) is 20.2. The SMILES string of the molecule is COc1ccc(NC(=O)CCN(CC(C)C)c2nc(-c3ccco3)nc3cc(Cl)ccc23)cc1. The summed E-state index contributed by atoms with van der Waals surface area (Å²) in [5.74, 6) is 2.82. The fraction of sp³-hybridized carbons (Fsp3) is 0.269. The molecule has 0 radical (unpaired) electrons. The van der Waals surface area contributed by atoms with Crippen LogP contribution in [-0.4, -0.2) is 36.1 Å². The van der Waals surface area contributed by atoms with E-state index >= 15 is 0 Å². The molecule has 2 aromatic heterocycles. The molecule has 0 saturated heterocycles. The van der Waals surface area contributed by atoms with Gasteiger partial charge in [0.25, 0.3) is 0 Å². The fourth-order valence-electron chi connectivity index (χ4n) is 3.70. The number of furan rings is 1. The van der Waals surface area contributed by atoms with Gasteiger partial charge in [0.15, 0.2) is 11.6 Å². The normalized spacial score (nSPS) is 11.1. The molecule has 0 atom stereocenters. The highest BCUT2D eigenvalue weighted by atomic mass is 35.5. The van der Waals surface area contributed by atoms with Crippen LogP contribution >= 0.6 is 11.6 Å². The summed E-state index contributed by atoms with van der Waals surface area (Å²) in [6.45, 7) is 5.49. The minimum absolute atomic E-state index is 0.0772. The Hall–Kier alpha value is -3.58. The molecule has 0 aliphatic heterocycles. The first kappa shape index (κ1) is 23.6. The van der Waals surface area contributed by atoms with Crippen molar-refractivity contribution in [3.63, 3.8) is 0 Å². The van der Waals surface area contributed by atoms with Crippen molar-refractivity contribution >= 4 is 39.9 Å². The number of methoxy groups -OCH3 is 1. The molecular weight excluding hydrogens is 452 g/mol. The smallest absolute Gasteiger partial charge is 0.226 e. The number of hydrogen-bond donors (Lipinski definition) is 1. The molecule has 2 aromatic carbocycles. The molecule has 1 amide bonds. The largest absolute Gasteiger partial charge is 0.497 e. The van der Waals surface area contributed by atoms with Crippen molar-refractivity contribution in [3.05, 3.63) is 65.9 Å². The van der Waals surface area contributed by atoms with Gasteiger partial charge in [-0.05, 0) is 60.5 Å². The number of hydrogen-bond acceptors (Lipinski definition) is 6. The number of nitrogens with one attached hydrogen (secondary N) is 1. The number of anilines is 2. The van der Waals surface area contributed by atoms with Crippen molar-refractivity contribution in [1.29, 1.82) is 0 Å². The summed E-state index contributed by atoms with van der Waals surface area (Å²) in [5.41, 5.74) is 1.45. The minimum atomic E-state index is -0.0772. The standard InChI is InChI=1S/C26H27ClN4O3/c1-17(2)16-31(13-12-24(32)28-19-7-9-20(33-3)10-8-19)26-21-11-6-18(27)15-22(21)29-25(30-26)23-5-4-14-34-23/h4-11,14-15,17H,12-13,16H2,1-3H3,(H,28,32). The number of ether oxygens (including phenoxy) is 1. The molecule has 4 aromatic rings. The van der Waals surface area contributed by atoms with Gasteiger partial charge < -0.3 is 19.4 Å². The Labute approximate surface area is 203 Å². The molecule has 7 nitrogen and oxygen atoms in total. The summed E-state index contributed by atoms with van der Waals surface area (Å²) < 4.78 is 10.7. The van der Waals surface area contributed by atoms with Crippen LogP contribution in [-0.2, 0) is 4.79 Å². The Balaban J connectivity index is 1.61. The molecule has 0 spiro atoms. The van der Waals surface area contributed by atoms with Crippen molar-refractivity contribution < 1.29 is 13.9 Å². The maximum atomic E-state index is 12.7. The molecule has 34 heavy (non-hydrogen) atoms. The number of halogens is 1. The molecule has 0 fully saturated rings. The fourth-order valence-corrected chi connectivity index (χ4v) is 3.87. The maximum absolute atomic E-state index is 12.7. The predicted octanol–water partition coefficient (Wildman–Crippen LogP) is 6.04. The first-order chi connectivity index (χ1) is 16.4. The molecule has 0 unspecified atom stereocenters. The van der Waals surface area contributed by atoms with Crippen LogP contribution in [0.15, 0.2) is 65.3 Å². The predicted molar refractivity (Wildman–Crippen MR) is 136 cm³/mol. The summed E-state index contributed by atoms with van der Waals surface area (Å²) >= 11 is 6.25. The van der Waals surface area contributed by atoms with Crippen LogP contribution in [0.3, 0.4) is 0 Å². The lowest BCUT2D eigenvalue weighted by Gasteiger charge is -2.27. The average Bonchev–Trinajstić information content (AvgIpc) is 3.36. The van der Waals surface area contributed by atoms with Crippen molar-refractivity contribution in [2.45, 2.75) is 20.3 Å². The summed E-state index contributed by atoms with van der Waals surface area (Å²) in [6.07, 6.45) is 1.89. The van der Waals surface area contributed by atoms with E-state index in [0.29, 0.717) is 35.5 Å². The number of fused-ring (bicyclic) bond motifs is 1. The second kappa shape index (κ2) is 10.6. The van der Waals surface area contributed by atoms with Gasteiger partial charge in [0, 0.05) is 35.6 Å². The number of benzene rings is 2. The molecule has 0 saturated carbocycles. The van der Waals surface area contributed by atoms with Gasteiger partial charge in [-0.25, -0.2) is 9.97 Å². The zero-order chi connectivity index (χ0) is 24.1. The highest BCUT2D eigenvalue weighted by Gasteiger charge is 2.19. The molecule has 0 bridgehead atoms. The first-order valence-electron chi connectivity index (χ1n) is 11.1. The van der Waals surface area contributed by atoms with Crippen LogP contribution in [0.4, 0.5) is 11.5 Å². The monoisotopic (exact) mass is 478 g/mol. The Bertz CT molecular complexity index is 1260. The topological polar surface area (TPSA) is 80.5 Å². The molecule has 0 aliphatic carbocycles. The highest BCUT2D eigenvalue weighted by Crippen LogP contribution is 2.30. The summed E-state index contributed by atoms with van der Waals surface area (Å²) in [5, 5.41) is 4.41. The molecule has 2 heterocycles.